The van der Waals surface area contributed by atoms with Crippen LogP contribution in [0, 0.1) is 6.92 Å². The number of nitrogens with two attached hydrogens (primary N) is 1. The molecular weight excluding hydrogens is 226 g/mol. The summed E-state index contributed by atoms with van der Waals surface area (Å²) in [6.07, 6.45) is 0.860. The zero-order chi connectivity index (χ0) is 10.8. The molecule has 1 aromatic heterocycles. The third kappa shape index (κ3) is 2.33. The van der Waals surface area contributed by atoms with E-state index in [0.717, 1.165) is 16.4 Å². The minimum atomic E-state index is 0.833. The molecule has 0 aliphatic rings. The van der Waals surface area contributed by atoms with E-state index in [1.165, 1.54) is 16.7 Å². The van der Waals surface area contributed by atoms with Gasteiger partial charge in [0, 0.05) is 11.4 Å². The molecule has 2 rings (SSSR count). The van der Waals surface area contributed by atoms with Crippen LogP contribution in [-0.2, 0) is 6.42 Å². The van der Waals surface area contributed by atoms with Gasteiger partial charge in [0.1, 0.15) is 0 Å². The van der Waals surface area contributed by atoms with Gasteiger partial charge < -0.3 is 5.73 Å². The molecule has 0 aliphatic heterocycles. The van der Waals surface area contributed by atoms with Crippen molar-refractivity contribution in [3.05, 3.63) is 51.4 Å². The molecule has 0 fully saturated rings. The Morgan fingerprint density at radius 3 is 2.80 bits per heavy atom. The molecule has 1 heterocycles. The zero-order valence-corrected chi connectivity index (χ0v) is 10.0. The van der Waals surface area contributed by atoms with Crippen LogP contribution in [0.2, 0.25) is 5.02 Å². The third-order valence-electron chi connectivity index (χ3n) is 2.41. The van der Waals surface area contributed by atoms with Gasteiger partial charge >= 0.3 is 0 Å². The molecule has 0 unspecified atom stereocenters. The van der Waals surface area contributed by atoms with E-state index >= 15 is 0 Å². The van der Waals surface area contributed by atoms with Gasteiger partial charge in [0.2, 0.25) is 0 Å². The lowest BCUT2D eigenvalue weighted by molar-refractivity contribution is 1.17. The van der Waals surface area contributed by atoms with Gasteiger partial charge in [-0.1, -0.05) is 23.7 Å². The summed E-state index contributed by atoms with van der Waals surface area (Å²) in [5.74, 6) is 0. The smallest absolute Gasteiger partial charge is 0.0859 e. The van der Waals surface area contributed by atoms with Crippen LogP contribution in [0.25, 0.3) is 0 Å². The van der Waals surface area contributed by atoms with Crippen LogP contribution in [0.5, 0.6) is 0 Å². The van der Waals surface area contributed by atoms with E-state index < -0.39 is 0 Å². The van der Waals surface area contributed by atoms with E-state index in [1.54, 1.807) is 11.3 Å². The Morgan fingerprint density at radius 2 is 2.20 bits per heavy atom. The van der Waals surface area contributed by atoms with Crippen molar-refractivity contribution < 1.29 is 0 Å². The van der Waals surface area contributed by atoms with Gasteiger partial charge in [0.15, 0.2) is 0 Å². The predicted octanol–water partition coefficient (Wildman–Crippen LogP) is 3.88. The second-order valence-corrected chi connectivity index (χ2v) is 4.92. The van der Waals surface area contributed by atoms with Crippen molar-refractivity contribution >= 4 is 27.9 Å². The predicted molar refractivity (Wildman–Crippen MR) is 67.7 cm³/mol. The normalized spacial score (nSPS) is 10.5. The van der Waals surface area contributed by atoms with Crippen LogP contribution in [0.4, 0.5) is 5.00 Å². The van der Waals surface area contributed by atoms with Gasteiger partial charge in [-0.3, -0.25) is 0 Å². The Bertz CT molecular complexity index is 456. The van der Waals surface area contributed by atoms with E-state index in [2.05, 4.69) is 18.4 Å². The average Bonchev–Trinajstić information content (AvgIpc) is 2.58. The molecule has 2 aromatic rings. The van der Waals surface area contributed by atoms with Gasteiger partial charge in [-0.15, -0.1) is 11.3 Å². The highest BCUT2D eigenvalue weighted by Crippen LogP contribution is 2.25. The first-order valence-corrected chi connectivity index (χ1v) is 5.99. The number of anilines is 1. The summed E-state index contributed by atoms with van der Waals surface area (Å²) in [7, 11) is 0. The molecule has 1 aromatic carbocycles. The van der Waals surface area contributed by atoms with Crippen LogP contribution in [-0.4, -0.2) is 0 Å². The lowest BCUT2D eigenvalue weighted by Gasteiger charge is -2.06. The summed E-state index contributed by atoms with van der Waals surface area (Å²) < 4.78 is 0. The van der Waals surface area contributed by atoms with Gasteiger partial charge in [0.05, 0.1) is 5.00 Å². The number of rotatable bonds is 2. The van der Waals surface area contributed by atoms with E-state index in [4.69, 9.17) is 17.3 Å². The van der Waals surface area contributed by atoms with E-state index in [1.807, 2.05) is 18.2 Å². The second-order valence-electron chi connectivity index (χ2n) is 3.57. The van der Waals surface area contributed by atoms with Crippen molar-refractivity contribution in [3.8, 4) is 0 Å². The molecule has 2 N–H and O–H groups in total. The minimum absolute atomic E-state index is 0.833. The molecule has 0 bridgehead atoms. The summed E-state index contributed by atoms with van der Waals surface area (Å²) >= 11 is 7.73. The Morgan fingerprint density at radius 1 is 1.40 bits per heavy atom. The Kier molecular flexibility index (Phi) is 2.98. The number of nitrogen functional groups attached to an aromatic ring is 1. The second kappa shape index (κ2) is 4.25. The molecule has 78 valence electrons. The zero-order valence-electron chi connectivity index (χ0n) is 8.46. The van der Waals surface area contributed by atoms with Crippen LogP contribution in [0.1, 0.15) is 16.7 Å². The first-order chi connectivity index (χ1) is 7.16. The fraction of sp³-hybridized carbons (Fsp3) is 0.167. The van der Waals surface area contributed by atoms with E-state index in [-0.39, 0.29) is 0 Å². The Balaban J connectivity index is 2.31. The molecule has 0 saturated heterocycles. The van der Waals surface area contributed by atoms with Gasteiger partial charge in [0.25, 0.3) is 0 Å². The fourth-order valence-electron chi connectivity index (χ4n) is 1.58. The highest BCUT2D eigenvalue weighted by Gasteiger charge is 2.05. The Labute approximate surface area is 98.5 Å². The van der Waals surface area contributed by atoms with E-state index in [0.29, 0.717) is 0 Å². The number of halogens is 1. The monoisotopic (exact) mass is 237 g/mol. The van der Waals surface area contributed by atoms with Crippen molar-refractivity contribution in [2.24, 2.45) is 0 Å². The van der Waals surface area contributed by atoms with Crippen LogP contribution >= 0.6 is 22.9 Å². The first-order valence-electron chi connectivity index (χ1n) is 4.73. The lowest BCUT2D eigenvalue weighted by atomic mass is 10.0. The molecule has 0 radical (unpaired) electrons. The number of aryl methyl sites for hydroxylation is 1. The molecule has 0 aliphatic carbocycles. The number of hydrogen-bond acceptors (Lipinski definition) is 2. The van der Waals surface area contributed by atoms with Crippen LogP contribution in [0.3, 0.4) is 0 Å². The summed E-state index contributed by atoms with van der Waals surface area (Å²) in [5.41, 5.74) is 9.34. The van der Waals surface area contributed by atoms with Crippen molar-refractivity contribution in [3.63, 3.8) is 0 Å². The molecule has 0 spiro atoms. The molecule has 15 heavy (non-hydrogen) atoms. The van der Waals surface area contributed by atoms with Gasteiger partial charge in [-0.2, -0.15) is 0 Å². The van der Waals surface area contributed by atoms with E-state index in [9.17, 15) is 0 Å². The summed E-state index contributed by atoms with van der Waals surface area (Å²) in [6.45, 7) is 2.08. The molecule has 0 atom stereocenters. The Hall–Kier alpha value is -0.990. The largest absolute Gasteiger partial charge is 0.391 e. The number of hydrogen-bond donors (Lipinski definition) is 1. The molecule has 3 heteroatoms. The molecular formula is C12H12ClNS. The van der Waals surface area contributed by atoms with Crippen LogP contribution < -0.4 is 5.73 Å². The van der Waals surface area contributed by atoms with Gasteiger partial charge in [-0.25, -0.2) is 0 Å². The number of thiophene rings is 1. The number of benzene rings is 1. The van der Waals surface area contributed by atoms with Crippen molar-refractivity contribution in [2.75, 3.05) is 5.73 Å². The maximum absolute atomic E-state index is 6.16. The highest BCUT2D eigenvalue weighted by atomic mass is 35.5. The van der Waals surface area contributed by atoms with Crippen molar-refractivity contribution in [2.45, 2.75) is 13.3 Å². The maximum Gasteiger partial charge on any atom is 0.0859 e. The quantitative estimate of drug-likeness (QED) is 0.843. The fourth-order valence-corrected chi connectivity index (χ4v) is 2.53. The first kappa shape index (κ1) is 10.5. The topological polar surface area (TPSA) is 26.0 Å². The highest BCUT2D eigenvalue weighted by molar-refractivity contribution is 7.14. The molecule has 0 amide bonds. The molecule has 1 nitrogen and oxygen atoms in total. The SMILES string of the molecule is Cc1cccc(Cl)c1Cc1csc(N)c1. The standard InChI is InChI=1S/C12H12ClNS/c1-8-3-2-4-11(13)10(8)5-9-6-12(14)15-7-9/h2-4,6-7H,5,14H2,1H3. The lowest BCUT2D eigenvalue weighted by Crippen LogP contribution is -1.91. The third-order valence-corrected chi connectivity index (χ3v) is 3.57. The van der Waals surface area contributed by atoms with Gasteiger partial charge in [-0.05, 0) is 41.1 Å². The maximum atomic E-state index is 6.16. The van der Waals surface area contributed by atoms with Crippen molar-refractivity contribution in [1.29, 1.82) is 0 Å². The average molecular weight is 238 g/mol. The summed E-state index contributed by atoms with van der Waals surface area (Å²) in [4.78, 5) is 0. The summed E-state index contributed by atoms with van der Waals surface area (Å²) in [6, 6.07) is 7.99. The molecule has 0 saturated carbocycles. The summed E-state index contributed by atoms with van der Waals surface area (Å²) in [5, 5.41) is 3.77. The van der Waals surface area contributed by atoms with Crippen molar-refractivity contribution in [1.82, 2.24) is 0 Å². The van der Waals surface area contributed by atoms with Crippen LogP contribution in [0.15, 0.2) is 29.6 Å². The minimum Gasteiger partial charge on any atom is -0.391 e.